The molecule has 108 valence electrons. The summed E-state index contributed by atoms with van der Waals surface area (Å²) in [5, 5.41) is 8.86. The van der Waals surface area contributed by atoms with Gasteiger partial charge in [0, 0.05) is 37.1 Å². The van der Waals surface area contributed by atoms with Gasteiger partial charge in [-0.2, -0.15) is 17.0 Å². The smallest absolute Gasteiger partial charge is 0.191 e. The van der Waals surface area contributed by atoms with Gasteiger partial charge in [-0.25, -0.2) is 0 Å². The third-order valence-corrected chi connectivity index (χ3v) is 4.82. The molecule has 1 aliphatic carbocycles. The third-order valence-electron chi connectivity index (χ3n) is 3.88. The van der Waals surface area contributed by atoms with Crippen LogP contribution in [0.25, 0.3) is 0 Å². The summed E-state index contributed by atoms with van der Waals surface area (Å²) in [6.07, 6.45) is 4.34. The van der Waals surface area contributed by atoms with Crippen LogP contribution in [0, 0.1) is 23.2 Å². The topological polar surface area (TPSA) is 65.4 Å². The maximum absolute atomic E-state index is 8.86. The lowest BCUT2D eigenvalue weighted by Gasteiger charge is -2.28. The number of nitriles is 1. The SMILES string of the molecule is I.N#CC1CCC(CN=C(N)N2CCSCC2)CC1. The highest BCUT2D eigenvalue weighted by Gasteiger charge is 2.21. The van der Waals surface area contributed by atoms with Crippen LogP contribution in [0.1, 0.15) is 25.7 Å². The molecular formula is C13H23IN4S. The molecule has 0 aromatic carbocycles. The summed E-state index contributed by atoms with van der Waals surface area (Å²) in [5.41, 5.74) is 6.03. The van der Waals surface area contributed by atoms with Crippen molar-refractivity contribution in [3.05, 3.63) is 0 Å². The highest BCUT2D eigenvalue weighted by molar-refractivity contribution is 14.0. The van der Waals surface area contributed by atoms with Crippen molar-refractivity contribution in [3.63, 3.8) is 0 Å². The molecular weight excluding hydrogens is 371 g/mol. The molecule has 1 aliphatic heterocycles. The van der Waals surface area contributed by atoms with E-state index in [4.69, 9.17) is 11.0 Å². The second-order valence-corrected chi connectivity index (χ2v) is 6.37. The zero-order valence-electron chi connectivity index (χ0n) is 11.3. The first-order chi connectivity index (χ1) is 8.79. The number of guanidine groups is 1. The summed E-state index contributed by atoms with van der Waals surface area (Å²) in [5.74, 6) is 3.94. The lowest BCUT2D eigenvalue weighted by atomic mass is 9.83. The molecule has 0 atom stereocenters. The average molecular weight is 394 g/mol. The molecule has 19 heavy (non-hydrogen) atoms. The lowest BCUT2D eigenvalue weighted by molar-refractivity contribution is 0.320. The maximum atomic E-state index is 8.86. The molecule has 0 aromatic heterocycles. The number of hydrogen-bond acceptors (Lipinski definition) is 3. The van der Waals surface area contributed by atoms with Crippen LogP contribution in [0.5, 0.6) is 0 Å². The highest BCUT2D eigenvalue weighted by Crippen LogP contribution is 2.28. The van der Waals surface area contributed by atoms with Crippen LogP contribution in [0.3, 0.4) is 0 Å². The summed E-state index contributed by atoms with van der Waals surface area (Å²) in [7, 11) is 0. The van der Waals surface area contributed by atoms with Crippen molar-refractivity contribution in [2.45, 2.75) is 25.7 Å². The molecule has 4 nitrogen and oxygen atoms in total. The van der Waals surface area contributed by atoms with Crippen LogP contribution in [-0.4, -0.2) is 42.0 Å². The van der Waals surface area contributed by atoms with Crippen LogP contribution in [0.2, 0.25) is 0 Å². The van der Waals surface area contributed by atoms with Crippen molar-refractivity contribution in [1.82, 2.24) is 4.90 Å². The lowest BCUT2D eigenvalue weighted by Crippen LogP contribution is -2.43. The zero-order chi connectivity index (χ0) is 12.8. The molecule has 0 amide bonds. The first kappa shape index (κ1) is 16.9. The number of halogens is 1. The van der Waals surface area contributed by atoms with E-state index in [1.165, 1.54) is 0 Å². The normalized spacial score (nSPS) is 28.4. The van der Waals surface area contributed by atoms with E-state index in [9.17, 15) is 0 Å². The molecule has 0 bridgehead atoms. The third kappa shape index (κ3) is 5.38. The van der Waals surface area contributed by atoms with Gasteiger partial charge in [0.2, 0.25) is 0 Å². The fraction of sp³-hybridized carbons (Fsp3) is 0.846. The Labute approximate surface area is 137 Å². The van der Waals surface area contributed by atoms with Gasteiger partial charge in [-0.05, 0) is 31.6 Å². The summed E-state index contributed by atoms with van der Waals surface area (Å²) >= 11 is 1.98. The van der Waals surface area contributed by atoms with E-state index < -0.39 is 0 Å². The molecule has 0 spiro atoms. The Morgan fingerprint density at radius 3 is 2.47 bits per heavy atom. The monoisotopic (exact) mass is 394 g/mol. The van der Waals surface area contributed by atoms with E-state index in [0.29, 0.717) is 5.92 Å². The minimum atomic E-state index is 0. The molecule has 2 aliphatic rings. The molecule has 0 unspecified atom stereocenters. The molecule has 1 heterocycles. The van der Waals surface area contributed by atoms with Gasteiger partial charge in [-0.15, -0.1) is 24.0 Å². The number of thioether (sulfide) groups is 1. The Morgan fingerprint density at radius 1 is 1.26 bits per heavy atom. The predicted octanol–water partition coefficient (Wildman–Crippen LogP) is 2.30. The maximum Gasteiger partial charge on any atom is 0.191 e. The van der Waals surface area contributed by atoms with Crippen LogP contribution < -0.4 is 5.73 Å². The Kier molecular flexibility index (Phi) is 7.91. The van der Waals surface area contributed by atoms with Crippen LogP contribution in [0.15, 0.2) is 4.99 Å². The van der Waals surface area contributed by atoms with E-state index in [2.05, 4.69) is 16.0 Å². The van der Waals surface area contributed by atoms with Gasteiger partial charge >= 0.3 is 0 Å². The van der Waals surface area contributed by atoms with E-state index in [1.807, 2.05) is 11.8 Å². The number of rotatable bonds is 2. The van der Waals surface area contributed by atoms with Gasteiger partial charge in [0.05, 0.1) is 6.07 Å². The second-order valence-electron chi connectivity index (χ2n) is 5.15. The van der Waals surface area contributed by atoms with Gasteiger partial charge < -0.3 is 10.6 Å². The summed E-state index contributed by atoms with van der Waals surface area (Å²) in [6, 6.07) is 2.37. The number of aliphatic imine (C=N–C) groups is 1. The van der Waals surface area contributed by atoms with Gasteiger partial charge in [-0.1, -0.05) is 0 Å². The van der Waals surface area contributed by atoms with E-state index >= 15 is 0 Å². The highest BCUT2D eigenvalue weighted by atomic mass is 127. The molecule has 6 heteroatoms. The molecule has 0 aromatic rings. The van der Waals surface area contributed by atoms with Gasteiger partial charge in [0.25, 0.3) is 0 Å². The Hall–Kier alpha value is -0.160. The Bertz CT molecular complexity index is 328. The molecule has 2 fully saturated rings. The number of hydrogen-bond donors (Lipinski definition) is 1. The first-order valence-corrected chi connectivity index (χ1v) is 7.97. The quantitative estimate of drug-likeness (QED) is 0.444. The minimum absolute atomic E-state index is 0. The first-order valence-electron chi connectivity index (χ1n) is 6.82. The summed E-state index contributed by atoms with van der Waals surface area (Å²) in [6.45, 7) is 2.90. The predicted molar refractivity (Wildman–Crippen MR) is 91.9 cm³/mol. The van der Waals surface area contributed by atoms with Crippen molar-refractivity contribution in [2.24, 2.45) is 22.6 Å². The van der Waals surface area contributed by atoms with E-state index in [1.54, 1.807) is 0 Å². The largest absolute Gasteiger partial charge is 0.370 e. The van der Waals surface area contributed by atoms with Gasteiger partial charge in [-0.3, -0.25) is 4.99 Å². The number of nitrogens with zero attached hydrogens (tertiary/aromatic N) is 3. The minimum Gasteiger partial charge on any atom is -0.370 e. The Morgan fingerprint density at radius 2 is 1.89 bits per heavy atom. The molecule has 2 N–H and O–H groups in total. The molecule has 0 radical (unpaired) electrons. The fourth-order valence-electron chi connectivity index (χ4n) is 2.59. The van der Waals surface area contributed by atoms with Crippen LogP contribution >= 0.6 is 35.7 Å². The van der Waals surface area contributed by atoms with Crippen molar-refractivity contribution in [1.29, 1.82) is 5.26 Å². The molecule has 1 saturated heterocycles. The Balaban J connectivity index is 0.00000180. The van der Waals surface area contributed by atoms with Gasteiger partial charge in [0.15, 0.2) is 5.96 Å². The standard InChI is InChI=1S/C13H22N4S.HI/c14-9-11-1-3-12(4-2-11)10-16-13(15)17-5-7-18-8-6-17;/h11-12H,1-8,10H2,(H2,15,16);1H. The van der Waals surface area contributed by atoms with Crippen LogP contribution in [0.4, 0.5) is 0 Å². The van der Waals surface area contributed by atoms with E-state index in [0.717, 1.165) is 62.8 Å². The van der Waals surface area contributed by atoms with Crippen molar-refractivity contribution >= 4 is 41.7 Å². The van der Waals surface area contributed by atoms with E-state index in [-0.39, 0.29) is 29.9 Å². The second kappa shape index (κ2) is 8.90. The average Bonchev–Trinajstić information content (AvgIpc) is 2.46. The number of nitrogens with two attached hydrogens (primary N) is 1. The zero-order valence-corrected chi connectivity index (χ0v) is 14.4. The van der Waals surface area contributed by atoms with Crippen molar-refractivity contribution in [3.8, 4) is 6.07 Å². The van der Waals surface area contributed by atoms with Crippen molar-refractivity contribution < 1.29 is 0 Å². The van der Waals surface area contributed by atoms with Crippen LogP contribution in [-0.2, 0) is 0 Å². The molecule has 1 saturated carbocycles. The summed E-state index contributed by atoms with van der Waals surface area (Å²) in [4.78, 5) is 6.74. The molecule has 2 rings (SSSR count). The van der Waals surface area contributed by atoms with Crippen molar-refractivity contribution in [2.75, 3.05) is 31.1 Å². The summed E-state index contributed by atoms with van der Waals surface area (Å²) < 4.78 is 0. The van der Waals surface area contributed by atoms with Gasteiger partial charge in [0.1, 0.15) is 0 Å². The fourth-order valence-corrected chi connectivity index (χ4v) is 3.49.